The second-order valence-corrected chi connectivity index (χ2v) is 6.26. The van der Waals surface area contributed by atoms with Crippen molar-refractivity contribution in [3.63, 3.8) is 0 Å². The minimum Gasteiger partial charge on any atom is -0.331 e. The van der Waals surface area contributed by atoms with E-state index in [1.807, 2.05) is 25.1 Å². The van der Waals surface area contributed by atoms with E-state index in [0.29, 0.717) is 11.6 Å². The predicted octanol–water partition coefficient (Wildman–Crippen LogP) is 2.74. The molecule has 2 aromatic heterocycles. The van der Waals surface area contributed by atoms with Gasteiger partial charge in [-0.1, -0.05) is 0 Å². The highest BCUT2D eigenvalue weighted by molar-refractivity contribution is 6.03. The van der Waals surface area contributed by atoms with Gasteiger partial charge in [0.15, 0.2) is 0 Å². The Bertz CT molecular complexity index is 917. The van der Waals surface area contributed by atoms with Gasteiger partial charge in [-0.05, 0) is 44.0 Å². The van der Waals surface area contributed by atoms with Gasteiger partial charge in [0.2, 0.25) is 0 Å². The molecular formula is C17H19N5O. The fourth-order valence-corrected chi connectivity index (χ4v) is 3.02. The maximum absolute atomic E-state index is 12.4. The summed E-state index contributed by atoms with van der Waals surface area (Å²) in [5.41, 5.74) is 4.14. The standard InChI is InChI=1S/C17H19N5O/c1-10-8-15(22(3)20-10)17(23)18-12-6-7-14-13(9-12)19-16(21(14)2)11-4-5-11/h6-9,11H,4-5H2,1-3H3,(H,18,23). The number of imidazole rings is 1. The highest BCUT2D eigenvalue weighted by Gasteiger charge is 2.28. The topological polar surface area (TPSA) is 64.7 Å². The molecule has 1 N–H and O–H groups in total. The Morgan fingerprint density at radius 3 is 2.70 bits per heavy atom. The third kappa shape index (κ3) is 2.40. The molecular weight excluding hydrogens is 290 g/mol. The van der Waals surface area contributed by atoms with Gasteiger partial charge in [-0.2, -0.15) is 5.10 Å². The molecule has 0 radical (unpaired) electrons. The Kier molecular flexibility index (Phi) is 3.01. The van der Waals surface area contributed by atoms with Gasteiger partial charge in [0.05, 0.1) is 16.7 Å². The molecule has 0 spiro atoms. The lowest BCUT2D eigenvalue weighted by atomic mass is 10.2. The maximum atomic E-state index is 12.4. The van der Waals surface area contributed by atoms with Crippen LogP contribution in [0.2, 0.25) is 0 Å². The SMILES string of the molecule is Cc1cc(C(=O)Nc2ccc3c(c2)nc(C2CC2)n3C)n(C)n1. The molecule has 4 rings (SSSR count). The van der Waals surface area contributed by atoms with Crippen molar-refractivity contribution in [2.24, 2.45) is 14.1 Å². The van der Waals surface area contributed by atoms with Crippen molar-refractivity contribution < 1.29 is 4.79 Å². The molecule has 23 heavy (non-hydrogen) atoms. The first kappa shape index (κ1) is 14.0. The predicted molar refractivity (Wildman–Crippen MR) is 88.6 cm³/mol. The van der Waals surface area contributed by atoms with Crippen LogP contribution in [0.25, 0.3) is 11.0 Å². The lowest BCUT2D eigenvalue weighted by Gasteiger charge is -2.05. The number of benzene rings is 1. The summed E-state index contributed by atoms with van der Waals surface area (Å²) >= 11 is 0. The molecule has 1 aliphatic rings. The van der Waals surface area contributed by atoms with E-state index in [1.165, 1.54) is 12.8 Å². The lowest BCUT2D eigenvalue weighted by Crippen LogP contribution is -2.16. The summed E-state index contributed by atoms with van der Waals surface area (Å²) in [7, 11) is 3.82. The largest absolute Gasteiger partial charge is 0.331 e. The van der Waals surface area contributed by atoms with Crippen LogP contribution in [0, 0.1) is 6.92 Å². The van der Waals surface area contributed by atoms with Gasteiger partial charge in [-0.3, -0.25) is 9.48 Å². The summed E-state index contributed by atoms with van der Waals surface area (Å²) in [5, 5.41) is 7.13. The quantitative estimate of drug-likeness (QED) is 0.809. The van der Waals surface area contributed by atoms with Crippen LogP contribution in [-0.4, -0.2) is 25.2 Å². The van der Waals surface area contributed by atoms with Crippen molar-refractivity contribution in [3.8, 4) is 0 Å². The van der Waals surface area contributed by atoms with Crippen LogP contribution in [0.1, 0.15) is 40.8 Å². The molecule has 6 heteroatoms. The molecule has 0 bridgehead atoms. The monoisotopic (exact) mass is 309 g/mol. The number of nitrogens with zero attached hydrogens (tertiary/aromatic N) is 4. The van der Waals surface area contributed by atoms with Crippen molar-refractivity contribution in [2.75, 3.05) is 5.32 Å². The van der Waals surface area contributed by atoms with Crippen LogP contribution in [-0.2, 0) is 14.1 Å². The zero-order valence-electron chi connectivity index (χ0n) is 13.5. The number of aryl methyl sites for hydroxylation is 3. The molecule has 0 unspecified atom stereocenters. The van der Waals surface area contributed by atoms with E-state index in [0.717, 1.165) is 28.2 Å². The van der Waals surface area contributed by atoms with Crippen LogP contribution in [0.4, 0.5) is 5.69 Å². The van der Waals surface area contributed by atoms with Crippen molar-refractivity contribution >= 4 is 22.6 Å². The first-order valence-corrected chi connectivity index (χ1v) is 7.81. The van der Waals surface area contributed by atoms with E-state index in [9.17, 15) is 4.79 Å². The van der Waals surface area contributed by atoms with Gasteiger partial charge in [-0.25, -0.2) is 4.98 Å². The van der Waals surface area contributed by atoms with Gasteiger partial charge in [0.25, 0.3) is 5.91 Å². The lowest BCUT2D eigenvalue weighted by molar-refractivity contribution is 0.101. The molecule has 1 saturated carbocycles. The number of carbonyl (C=O) groups is 1. The van der Waals surface area contributed by atoms with Crippen LogP contribution in [0.15, 0.2) is 24.3 Å². The van der Waals surface area contributed by atoms with Gasteiger partial charge in [-0.15, -0.1) is 0 Å². The van der Waals surface area contributed by atoms with E-state index >= 15 is 0 Å². The Hall–Kier alpha value is -2.63. The Labute approximate surface area is 134 Å². The number of carbonyl (C=O) groups excluding carboxylic acids is 1. The molecule has 3 aromatic rings. The number of hydrogen-bond acceptors (Lipinski definition) is 3. The minimum absolute atomic E-state index is 0.161. The summed E-state index contributed by atoms with van der Waals surface area (Å²) in [6.45, 7) is 1.87. The van der Waals surface area contributed by atoms with E-state index in [2.05, 4.69) is 22.0 Å². The molecule has 0 saturated heterocycles. The molecule has 2 heterocycles. The van der Waals surface area contributed by atoms with Crippen molar-refractivity contribution in [3.05, 3.63) is 41.5 Å². The highest BCUT2D eigenvalue weighted by atomic mass is 16.2. The number of aromatic nitrogens is 4. The average molecular weight is 309 g/mol. The summed E-state index contributed by atoms with van der Waals surface area (Å²) in [5.74, 6) is 1.58. The second kappa shape index (κ2) is 4.94. The van der Waals surface area contributed by atoms with Crippen LogP contribution in [0.3, 0.4) is 0 Å². The molecule has 0 aliphatic heterocycles. The number of hydrogen-bond donors (Lipinski definition) is 1. The fraction of sp³-hybridized carbons (Fsp3) is 0.353. The number of fused-ring (bicyclic) bond motifs is 1. The second-order valence-electron chi connectivity index (χ2n) is 6.26. The number of nitrogens with one attached hydrogen (secondary N) is 1. The van der Waals surface area contributed by atoms with E-state index in [-0.39, 0.29) is 5.91 Å². The van der Waals surface area contributed by atoms with E-state index in [1.54, 1.807) is 17.8 Å². The van der Waals surface area contributed by atoms with Gasteiger partial charge < -0.3 is 9.88 Å². The molecule has 1 fully saturated rings. The van der Waals surface area contributed by atoms with Crippen molar-refractivity contribution in [1.82, 2.24) is 19.3 Å². The first-order valence-electron chi connectivity index (χ1n) is 7.81. The molecule has 1 amide bonds. The normalized spacial score (nSPS) is 14.4. The molecule has 118 valence electrons. The Morgan fingerprint density at radius 1 is 1.26 bits per heavy atom. The Morgan fingerprint density at radius 2 is 2.04 bits per heavy atom. The average Bonchev–Trinajstić information content (AvgIpc) is 3.22. The fourth-order valence-electron chi connectivity index (χ4n) is 3.02. The maximum Gasteiger partial charge on any atom is 0.273 e. The van der Waals surface area contributed by atoms with Crippen LogP contribution in [0.5, 0.6) is 0 Å². The van der Waals surface area contributed by atoms with Crippen LogP contribution < -0.4 is 5.32 Å². The van der Waals surface area contributed by atoms with Crippen molar-refractivity contribution in [2.45, 2.75) is 25.7 Å². The number of amides is 1. The van der Waals surface area contributed by atoms with Gasteiger partial charge in [0, 0.05) is 25.7 Å². The van der Waals surface area contributed by atoms with Gasteiger partial charge >= 0.3 is 0 Å². The highest BCUT2D eigenvalue weighted by Crippen LogP contribution is 2.40. The smallest absolute Gasteiger partial charge is 0.273 e. The summed E-state index contributed by atoms with van der Waals surface area (Å²) in [6, 6.07) is 7.64. The zero-order valence-corrected chi connectivity index (χ0v) is 13.5. The minimum atomic E-state index is -0.161. The molecule has 1 aliphatic carbocycles. The van der Waals surface area contributed by atoms with E-state index < -0.39 is 0 Å². The molecule has 0 atom stereocenters. The summed E-state index contributed by atoms with van der Waals surface area (Å²) < 4.78 is 3.75. The third-order valence-electron chi connectivity index (χ3n) is 4.35. The Balaban J connectivity index is 1.64. The number of anilines is 1. The number of rotatable bonds is 3. The van der Waals surface area contributed by atoms with E-state index in [4.69, 9.17) is 4.98 Å². The van der Waals surface area contributed by atoms with Gasteiger partial charge in [0.1, 0.15) is 11.5 Å². The molecule has 6 nitrogen and oxygen atoms in total. The summed E-state index contributed by atoms with van der Waals surface area (Å²) in [6.07, 6.45) is 2.45. The van der Waals surface area contributed by atoms with Crippen LogP contribution >= 0.6 is 0 Å². The van der Waals surface area contributed by atoms with Crippen molar-refractivity contribution in [1.29, 1.82) is 0 Å². The zero-order chi connectivity index (χ0) is 16.1. The molecule has 1 aromatic carbocycles. The summed E-state index contributed by atoms with van der Waals surface area (Å²) in [4.78, 5) is 17.1. The first-order chi connectivity index (χ1) is 11.0. The third-order valence-corrected chi connectivity index (χ3v) is 4.35.